The lowest BCUT2D eigenvalue weighted by molar-refractivity contribution is 0.0156. The van der Waals surface area contributed by atoms with Gasteiger partial charge in [-0.05, 0) is 62.1 Å². The molecule has 1 saturated carbocycles. The van der Waals surface area contributed by atoms with Gasteiger partial charge in [0.1, 0.15) is 11.9 Å². The van der Waals surface area contributed by atoms with Gasteiger partial charge in [0.05, 0.1) is 5.56 Å². The lowest BCUT2D eigenvalue weighted by Crippen LogP contribution is -2.25. The van der Waals surface area contributed by atoms with E-state index in [-0.39, 0.29) is 11.7 Å². The van der Waals surface area contributed by atoms with Crippen molar-refractivity contribution in [3.8, 4) is 11.4 Å². The zero-order valence-electron chi connectivity index (χ0n) is 21.7. The number of carbonyl (C=O) groups is 1. The Balaban J connectivity index is 1.46. The fourth-order valence-electron chi connectivity index (χ4n) is 5.00. The standard InChI is InChI=1S/C30H43FN2O2/c1-3-5-7-9-11-12-23-14-17-26(18-15-23)35-30(34)27-19-16-25(20-28(27)31)29-32-21-24(22-33-29)13-10-8-6-4-2/h16,19-23,26H,3-15,17-18H2,1-2H3. The Hall–Kier alpha value is -2.30. The number of halogens is 1. The van der Waals surface area contributed by atoms with E-state index < -0.39 is 11.8 Å². The SMILES string of the molecule is CCCCCCCC1CCC(OC(=O)c2ccc(-c3ncc(CCCCCC)cn3)cc2F)CC1. The molecule has 0 spiro atoms. The van der Waals surface area contributed by atoms with Crippen molar-refractivity contribution in [3.05, 3.63) is 47.5 Å². The van der Waals surface area contributed by atoms with Crippen LogP contribution in [0.1, 0.15) is 120 Å². The van der Waals surface area contributed by atoms with Crippen molar-refractivity contribution in [3.63, 3.8) is 0 Å². The molecule has 0 atom stereocenters. The summed E-state index contributed by atoms with van der Waals surface area (Å²) in [6.45, 7) is 4.44. The second kappa shape index (κ2) is 15.0. The molecule has 1 heterocycles. The monoisotopic (exact) mass is 482 g/mol. The molecule has 1 aromatic carbocycles. The Morgan fingerprint density at radius 1 is 0.914 bits per heavy atom. The number of hydrogen-bond donors (Lipinski definition) is 0. The average molecular weight is 483 g/mol. The first-order valence-corrected chi connectivity index (χ1v) is 13.9. The van der Waals surface area contributed by atoms with Crippen LogP contribution in [0.25, 0.3) is 11.4 Å². The van der Waals surface area contributed by atoms with Gasteiger partial charge in [-0.1, -0.05) is 77.7 Å². The number of aryl methyl sites for hydroxylation is 1. The summed E-state index contributed by atoms with van der Waals surface area (Å²) < 4.78 is 20.5. The lowest BCUT2D eigenvalue weighted by Gasteiger charge is -2.28. The van der Waals surface area contributed by atoms with Crippen LogP contribution in [0.3, 0.4) is 0 Å². The molecule has 0 amide bonds. The Bertz CT molecular complexity index is 892. The van der Waals surface area contributed by atoms with E-state index in [0.717, 1.165) is 50.0 Å². The molecular weight excluding hydrogens is 439 g/mol. The first-order chi connectivity index (χ1) is 17.1. The summed E-state index contributed by atoms with van der Waals surface area (Å²) in [5.74, 6) is 0.0559. The molecular formula is C30H43FN2O2. The maximum Gasteiger partial charge on any atom is 0.341 e. The van der Waals surface area contributed by atoms with Crippen molar-refractivity contribution in [2.75, 3.05) is 0 Å². The van der Waals surface area contributed by atoms with Crippen LogP contribution in [0.5, 0.6) is 0 Å². The van der Waals surface area contributed by atoms with Gasteiger partial charge in [-0.2, -0.15) is 0 Å². The van der Waals surface area contributed by atoms with Crippen molar-refractivity contribution < 1.29 is 13.9 Å². The fourth-order valence-corrected chi connectivity index (χ4v) is 5.00. The molecule has 192 valence electrons. The second-order valence-corrected chi connectivity index (χ2v) is 10.2. The van der Waals surface area contributed by atoms with Crippen LogP contribution in [0.2, 0.25) is 0 Å². The summed E-state index contributed by atoms with van der Waals surface area (Å²) in [7, 11) is 0. The molecule has 35 heavy (non-hydrogen) atoms. The zero-order chi connectivity index (χ0) is 24.9. The van der Waals surface area contributed by atoms with Gasteiger partial charge in [-0.25, -0.2) is 19.2 Å². The van der Waals surface area contributed by atoms with Crippen LogP contribution < -0.4 is 0 Å². The smallest absolute Gasteiger partial charge is 0.341 e. The third-order valence-corrected chi connectivity index (χ3v) is 7.25. The number of aromatic nitrogens is 2. The highest BCUT2D eigenvalue weighted by Gasteiger charge is 2.25. The molecule has 5 heteroatoms. The quantitative estimate of drug-likeness (QED) is 0.200. The van der Waals surface area contributed by atoms with Crippen LogP contribution in [0, 0.1) is 11.7 Å². The van der Waals surface area contributed by atoms with Crippen LogP contribution >= 0.6 is 0 Å². The Kier molecular flexibility index (Phi) is 11.7. The van der Waals surface area contributed by atoms with Gasteiger partial charge < -0.3 is 4.74 Å². The third-order valence-electron chi connectivity index (χ3n) is 7.25. The first-order valence-electron chi connectivity index (χ1n) is 13.9. The maximum absolute atomic E-state index is 14.8. The molecule has 1 aliphatic carbocycles. The zero-order valence-corrected chi connectivity index (χ0v) is 21.7. The molecule has 1 aromatic heterocycles. The highest BCUT2D eigenvalue weighted by atomic mass is 19.1. The molecule has 0 unspecified atom stereocenters. The van der Waals surface area contributed by atoms with Gasteiger partial charge in [-0.15, -0.1) is 0 Å². The molecule has 0 aliphatic heterocycles. The topological polar surface area (TPSA) is 52.1 Å². The van der Waals surface area contributed by atoms with Gasteiger partial charge in [0, 0.05) is 18.0 Å². The van der Waals surface area contributed by atoms with Gasteiger partial charge >= 0.3 is 5.97 Å². The summed E-state index contributed by atoms with van der Waals surface area (Å²) in [6.07, 6.45) is 21.1. The minimum absolute atomic E-state index is 0.0145. The van der Waals surface area contributed by atoms with Crippen molar-refractivity contribution in [1.29, 1.82) is 0 Å². The van der Waals surface area contributed by atoms with Crippen molar-refractivity contribution in [2.45, 2.75) is 116 Å². The van der Waals surface area contributed by atoms with Gasteiger partial charge in [0.2, 0.25) is 0 Å². The van der Waals surface area contributed by atoms with Crippen LogP contribution in [0.15, 0.2) is 30.6 Å². The van der Waals surface area contributed by atoms with E-state index >= 15 is 0 Å². The van der Waals surface area contributed by atoms with Crippen LogP contribution in [-0.4, -0.2) is 22.0 Å². The molecule has 0 saturated heterocycles. The number of esters is 1. The first kappa shape index (κ1) is 27.3. The number of nitrogens with zero attached hydrogens (tertiary/aromatic N) is 2. The molecule has 4 nitrogen and oxygen atoms in total. The second-order valence-electron chi connectivity index (χ2n) is 10.2. The molecule has 2 aromatic rings. The molecule has 0 bridgehead atoms. The largest absolute Gasteiger partial charge is 0.459 e. The molecule has 1 aliphatic rings. The van der Waals surface area contributed by atoms with Gasteiger partial charge in [0.25, 0.3) is 0 Å². The summed E-state index contributed by atoms with van der Waals surface area (Å²) in [4.78, 5) is 21.4. The van der Waals surface area contributed by atoms with E-state index in [1.54, 1.807) is 6.07 Å². The highest BCUT2D eigenvalue weighted by molar-refractivity contribution is 5.90. The van der Waals surface area contributed by atoms with Crippen LogP contribution in [0.4, 0.5) is 4.39 Å². The maximum atomic E-state index is 14.8. The van der Waals surface area contributed by atoms with Gasteiger partial charge in [-0.3, -0.25) is 0 Å². The van der Waals surface area contributed by atoms with E-state index in [9.17, 15) is 9.18 Å². The molecule has 3 rings (SSSR count). The molecule has 1 fully saturated rings. The Morgan fingerprint density at radius 3 is 2.23 bits per heavy atom. The lowest BCUT2D eigenvalue weighted by atomic mass is 9.84. The van der Waals surface area contributed by atoms with E-state index in [2.05, 4.69) is 23.8 Å². The number of ether oxygens (including phenoxy) is 1. The van der Waals surface area contributed by atoms with E-state index in [1.807, 2.05) is 12.4 Å². The van der Waals surface area contributed by atoms with Gasteiger partial charge in [0.15, 0.2) is 5.82 Å². The number of hydrogen-bond acceptors (Lipinski definition) is 4. The normalized spacial score (nSPS) is 17.9. The Morgan fingerprint density at radius 2 is 1.57 bits per heavy atom. The third kappa shape index (κ3) is 9.01. The van der Waals surface area contributed by atoms with E-state index in [1.165, 1.54) is 69.9 Å². The predicted octanol–water partition coefficient (Wildman–Crippen LogP) is 8.48. The average Bonchev–Trinajstić information content (AvgIpc) is 2.88. The van der Waals surface area contributed by atoms with E-state index in [4.69, 9.17) is 4.74 Å². The summed E-state index contributed by atoms with van der Waals surface area (Å²) in [5.41, 5.74) is 1.65. The minimum Gasteiger partial charge on any atom is -0.459 e. The van der Waals surface area contributed by atoms with Crippen molar-refractivity contribution in [2.24, 2.45) is 5.92 Å². The molecule has 0 radical (unpaired) electrons. The summed E-state index contributed by atoms with van der Waals surface area (Å²) in [5, 5.41) is 0. The summed E-state index contributed by atoms with van der Waals surface area (Å²) >= 11 is 0. The number of unbranched alkanes of at least 4 members (excludes halogenated alkanes) is 7. The van der Waals surface area contributed by atoms with Crippen LogP contribution in [-0.2, 0) is 11.2 Å². The molecule has 0 N–H and O–H groups in total. The van der Waals surface area contributed by atoms with Crippen molar-refractivity contribution >= 4 is 5.97 Å². The summed E-state index contributed by atoms with van der Waals surface area (Å²) in [6, 6.07) is 4.53. The minimum atomic E-state index is -0.583. The van der Waals surface area contributed by atoms with E-state index in [0.29, 0.717) is 11.4 Å². The highest BCUT2D eigenvalue weighted by Crippen LogP contribution is 2.31. The number of benzene rings is 1. The number of carbonyl (C=O) groups excluding carboxylic acids is 1. The predicted molar refractivity (Wildman–Crippen MR) is 140 cm³/mol. The van der Waals surface area contributed by atoms with Crippen molar-refractivity contribution in [1.82, 2.24) is 9.97 Å². The Labute approximate surface area is 211 Å². The number of rotatable bonds is 14. The fraction of sp³-hybridized carbons (Fsp3) is 0.633.